The van der Waals surface area contributed by atoms with Gasteiger partial charge in [-0.25, -0.2) is 0 Å². The molecule has 0 bridgehead atoms. The number of amides is 2. The fraction of sp³-hybridized carbons (Fsp3) is 0.529. The molecule has 21 heavy (non-hydrogen) atoms. The van der Waals surface area contributed by atoms with Gasteiger partial charge >= 0.3 is 0 Å². The standard InChI is InChI=1S/C17H21NO3/c19-12-14(10-13-6-2-1-3-7-13)18-15(20)11-17(16(18)21)8-4-5-9-17/h1-3,6-7,14,19H,4-5,8-12H2/t14-/m0/s1. The van der Waals surface area contributed by atoms with Crippen molar-refractivity contribution in [3.05, 3.63) is 35.9 Å². The molecule has 4 nitrogen and oxygen atoms in total. The van der Waals surface area contributed by atoms with Crippen molar-refractivity contribution < 1.29 is 14.7 Å². The van der Waals surface area contributed by atoms with E-state index in [1.807, 2.05) is 30.3 Å². The molecule has 112 valence electrons. The summed E-state index contributed by atoms with van der Waals surface area (Å²) in [4.78, 5) is 26.4. The van der Waals surface area contributed by atoms with Gasteiger partial charge in [0.1, 0.15) is 0 Å². The van der Waals surface area contributed by atoms with Gasteiger partial charge < -0.3 is 5.11 Å². The number of hydrogen-bond acceptors (Lipinski definition) is 3. The first kappa shape index (κ1) is 14.3. The molecule has 0 unspecified atom stereocenters. The van der Waals surface area contributed by atoms with E-state index < -0.39 is 11.5 Å². The zero-order valence-electron chi connectivity index (χ0n) is 12.1. The minimum atomic E-state index is -0.457. The Kier molecular flexibility index (Phi) is 3.81. The molecular formula is C17H21NO3. The van der Waals surface area contributed by atoms with Crippen LogP contribution in [0.2, 0.25) is 0 Å². The third-order valence-electron chi connectivity index (χ3n) is 4.88. The summed E-state index contributed by atoms with van der Waals surface area (Å²) >= 11 is 0. The van der Waals surface area contributed by atoms with Crippen molar-refractivity contribution in [3.63, 3.8) is 0 Å². The van der Waals surface area contributed by atoms with E-state index >= 15 is 0 Å². The van der Waals surface area contributed by atoms with E-state index in [2.05, 4.69) is 0 Å². The molecule has 1 heterocycles. The predicted octanol–water partition coefficient (Wildman–Crippen LogP) is 1.91. The van der Waals surface area contributed by atoms with E-state index in [-0.39, 0.29) is 18.4 Å². The molecule has 1 aliphatic carbocycles. The second-order valence-electron chi connectivity index (χ2n) is 6.26. The quantitative estimate of drug-likeness (QED) is 0.861. The summed E-state index contributed by atoms with van der Waals surface area (Å²) in [5.74, 6) is -0.170. The summed E-state index contributed by atoms with van der Waals surface area (Å²) in [7, 11) is 0. The molecule has 2 aliphatic rings. The van der Waals surface area contributed by atoms with Crippen molar-refractivity contribution in [1.29, 1.82) is 0 Å². The zero-order valence-corrected chi connectivity index (χ0v) is 12.1. The van der Waals surface area contributed by atoms with Crippen LogP contribution >= 0.6 is 0 Å². The van der Waals surface area contributed by atoms with Crippen molar-refractivity contribution >= 4 is 11.8 Å². The van der Waals surface area contributed by atoms with Gasteiger partial charge in [-0.1, -0.05) is 43.2 Å². The molecule has 1 N–H and O–H groups in total. The van der Waals surface area contributed by atoms with Crippen molar-refractivity contribution in [2.75, 3.05) is 6.61 Å². The summed E-state index contributed by atoms with van der Waals surface area (Å²) in [6.07, 6.45) is 4.53. The molecule has 1 aromatic rings. The summed E-state index contributed by atoms with van der Waals surface area (Å²) in [6, 6.07) is 9.26. The van der Waals surface area contributed by atoms with Gasteiger partial charge in [-0.15, -0.1) is 0 Å². The maximum Gasteiger partial charge on any atom is 0.236 e. The number of aliphatic hydroxyl groups excluding tert-OH is 1. The molecule has 1 aliphatic heterocycles. The molecule has 1 aromatic carbocycles. The van der Waals surface area contributed by atoms with Gasteiger partial charge in [0.05, 0.1) is 18.1 Å². The van der Waals surface area contributed by atoms with Crippen LogP contribution in [0.25, 0.3) is 0 Å². The van der Waals surface area contributed by atoms with E-state index in [0.29, 0.717) is 12.8 Å². The summed E-state index contributed by atoms with van der Waals surface area (Å²) in [6.45, 7) is -0.178. The Balaban J connectivity index is 1.80. The van der Waals surface area contributed by atoms with E-state index in [0.717, 1.165) is 31.2 Å². The van der Waals surface area contributed by atoms with Gasteiger partial charge in [0.15, 0.2) is 0 Å². The molecular weight excluding hydrogens is 266 g/mol. The van der Waals surface area contributed by atoms with E-state index in [1.54, 1.807) is 0 Å². The number of likely N-dealkylation sites (tertiary alicyclic amines) is 1. The van der Waals surface area contributed by atoms with Crippen LogP contribution in [-0.2, 0) is 16.0 Å². The first-order valence-electron chi connectivity index (χ1n) is 7.67. The highest BCUT2D eigenvalue weighted by Crippen LogP contribution is 2.47. The molecule has 1 atom stereocenters. The van der Waals surface area contributed by atoms with Crippen molar-refractivity contribution in [2.24, 2.45) is 5.41 Å². The smallest absolute Gasteiger partial charge is 0.236 e. The molecule has 2 fully saturated rings. The van der Waals surface area contributed by atoms with Crippen molar-refractivity contribution in [3.8, 4) is 0 Å². The minimum absolute atomic E-state index is 0.0556. The Bertz CT molecular complexity index is 534. The fourth-order valence-electron chi connectivity index (χ4n) is 3.75. The molecule has 1 saturated carbocycles. The third-order valence-corrected chi connectivity index (χ3v) is 4.88. The van der Waals surface area contributed by atoms with Gasteiger partial charge in [0.2, 0.25) is 11.8 Å². The minimum Gasteiger partial charge on any atom is -0.394 e. The lowest BCUT2D eigenvalue weighted by Gasteiger charge is -2.27. The number of imide groups is 1. The van der Waals surface area contributed by atoms with Gasteiger partial charge in [-0.05, 0) is 24.8 Å². The van der Waals surface area contributed by atoms with Crippen LogP contribution in [0, 0.1) is 5.41 Å². The Morgan fingerprint density at radius 1 is 1.14 bits per heavy atom. The van der Waals surface area contributed by atoms with Crippen LogP contribution in [0.3, 0.4) is 0 Å². The molecule has 1 saturated heterocycles. The number of nitrogens with zero attached hydrogens (tertiary/aromatic N) is 1. The highest BCUT2D eigenvalue weighted by Gasteiger charge is 2.54. The molecule has 0 aromatic heterocycles. The van der Waals surface area contributed by atoms with Gasteiger partial charge in [0, 0.05) is 6.42 Å². The lowest BCUT2D eigenvalue weighted by molar-refractivity contribution is -0.145. The van der Waals surface area contributed by atoms with Gasteiger partial charge in [-0.3, -0.25) is 14.5 Å². The Morgan fingerprint density at radius 2 is 1.81 bits per heavy atom. The zero-order chi connectivity index (χ0) is 14.9. The number of benzene rings is 1. The maximum atomic E-state index is 12.7. The first-order valence-corrected chi connectivity index (χ1v) is 7.67. The number of carbonyl (C=O) groups excluding carboxylic acids is 2. The van der Waals surface area contributed by atoms with Crippen LogP contribution in [-0.4, -0.2) is 34.5 Å². The maximum absolute atomic E-state index is 12.7. The second kappa shape index (κ2) is 5.60. The monoisotopic (exact) mass is 287 g/mol. The van der Waals surface area contributed by atoms with Crippen molar-refractivity contribution in [1.82, 2.24) is 4.90 Å². The Hall–Kier alpha value is -1.68. The molecule has 3 rings (SSSR count). The molecule has 0 radical (unpaired) electrons. The summed E-state index contributed by atoms with van der Waals surface area (Å²) < 4.78 is 0. The van der Waals surface area contributed by atoms with E-state index in [4.69, 9.17) is 0 Å². The first-order chi connectivity index (χ1) is 10.2. The summed E-state index contributed by atoms with van der Waals surface area (Å²) in [5.41, 5.74) is 0.575. The lowest BCUT2D eigenvalue weighted by atomic mass is 9.84. The van der Waals surface area contributed by atoms with E-state index in [9.17, 15) is 14.7 Å². The average Bonchev–Trinajstić information content (AvgIpc) is 3.05. The van der Waals surface area contributed by atoms with Crippen LogP contribution in [0.15, 0.2) is 30.3 Å². The third kappa shape index (κ3) is 2.48. The lowest BCUT2D eigenvalue weighted by Crippen LogP contribution is -2.45. The average molecular weight is 287 g/mol. The molecule has 2 amide bonds. The van der Waals surface area contributed by atoms with Gasteiger partial charge in [-0.2, -0.15) is 0 Å². The van der Waals surface area contributed by atoms with Crippen LogP contribution in [0.5, 0.6) is 0 Å². The Labute approximate surface area is 124 Å². The van der Waals surface area contributed by atoms with Crippen molar-refractivity contribution in [2.45, 2.75) is 44.6 Å². The SMILES string of the molecule is O=C1CC2(CCCC2)C(=O)N1[C@H](CO)Cc1ccccc1. The highest BCUT2D eigenvalue weighted by atomic mass is 16.3. The largest absolute Gasteiger partial charge is 0.394 e. The van der Waals surface area contributed by atoms with Gasteiger partial charge in [0.25, 0.3) is 0 Å². The second-order valence-corrected chi connectivity index (χ2v) is 6.26. The number of aliphatic hydroxyl groups is 1. The van der Waals surface area contributed by atoms with Crippen LogP contribution in [0.4, 0.5) is 0 Å². The molecule has 1 spiro atoms. The molecule has 4 heteroatoms. The number of rotatable bonds is 4. The topological polar surface area (TPSA) is 57.6 Å². The predicted molar refractivity (Wildman–Crippen MR) is 78.4 cm³/mol. The summed E-state index contributed by atoms with van der Waals surface area (Å²) in [5, 5.41) is 9.67. The highest BCUT2D eigenvalue weighted by molar-refractivity contribution is 6.06. The Morgan fingerprint density at radius 3 is 2.43 bits per heavy atom. The van der Waals surface area contributed by atoms with Crippen LogP contribution in [0.1, 0.15) is 37.7 Å². The van der Waals surface area contributed by atoms with Crippen LogP contribution < -0.4 is 0 Å². The fourth-order valence-corrected chi connectivity index (χ4v) is 3.75. The van der Waals surface area contributed by atoms with E-state index in [1.165, 1.54) is 4.90 Å². The number of hydrogen-bond donors (Lipinski definition) is 1. The number of carbonyl (C=O) groups is 2. The normalized spacial score (nSPS) is 22.2.